The first-order chi connectivity index (χ1) is 10.3. The highest BCUT2D eigenvalue weighted by molar-refractivity contribution is 5.86. The van der Waals surface area contributed by atoms with Crippen LogP contribution >= 0.6 is 0 Å². The van der Waals surface area contributed by atoms with Crippen LogP contribution in [0.5, 0.6) is 0 Å². The van der Waals surface area contributed by atoms with Gasteiger partial charge in [0.1, 0.15) is 0 Å². The molecule has 5 heteroatoms. The van der Waals surface area contributed by atoms with Gasteiger partial charge in [-0.05, 0) is 43.4 Å². The molecule has 1 amide bonds. The molecule has 1 saturated carbocycles. The van der Waals surface area contributed by atoms with Gasteiger partial charge in [0, 0.05) is 6.04 Å². The molecule has 6 atom stereocenters. The summed E-state index contributed by atoms with van der Waals surface area (Å²) >= 11 is 0. The molecule has 0 aromatic heterocycles. The van der Waals surface area contributed by atoms with E-state index in [1.807, 2.05) is 0 Å². The standard InChI is InChI=1S/C17H27NO4/c1-9-6-10(8-17(2,3)7-9)18-15(19)13-11-4-5-12(22-11)14(13)16(20)21/h9-14H,4-8H2,1-3H3,(H,18,19)(H,20,21)/t9-,10+,11+,12-,13-,14+/m1/s1. The molecule has 5 nitrogen and oxygen atoms in total. The summed E-state index contributed by atoms with van der Waals surface area (Å²) in [4.78, 5) is 24.2. The third-order valence-corrected chi connectivity index (χ3v) is 5.59. The molecule has 1 aliphatic carbocycles. The normalized spacial score (nSPS) is 43.0. The van der Waals surface area contributed by atoms with E-state index in [4.69, 9.17) is 4.74 Å². The quantitative estimate of drug-likeness (QED) is 0.838. The number of carboxylic acid groups (broad SMARTS) is 1. The molecule has 2 heterocycles. The lowest BCUT2D eigenvalue weighted by atomic mass is 9.70. The summed E-state index contributed by atoms with van der Waals surface area (Å²) in [5.41, 5.74) is 0.229. The Morgan fingerprint density at radius 3 is 2.36 bits per heavy atom. The number of carbonyl (C=O) groups is 2. The second kappa shape index (κ2) is 5.52. The first-order valence-corrected chi connectivity index (χ1v) is 8.45. The Morgan fingerprint density at radius 1 is 1.14 bits per heavy atom. The number of nitrogens with one attached hydrogen (secondary N) is 1. The molecule has 0 aromatic carbocycles. The zero-order valence-electron chi connectivity index (χ0n) is 13.7. The van der Waals surface area contributed by atoms with Crippen LogP contribution in [-0.4, -0.2) is 35.2 Å². The lowest BCUT2D eigenvalue weighted by Crippen LogP contribution is -2.49. The monoisotopic (exact) mass is 309 g/mol. The van der Waals surface area contributed by atoms with Gasteiger partial charge in [0.15, 0.2) is 0 Å². The van der Waals surface area contributed by atoms with E-state index in [1.54, 1.807) is 0 Å². The van der Waals surface area contributed by atoms with Crippen molar-refractivity contribution in [3.8, 4) is 0 Å². The molecule has 3 fully saturated rings. The maximum absolute atomic E-state index is 12.7. The Hall–Kier alpha value is -1.10. The van der Waals surface area contributed by atoms with E-state index in [9.17, 15) is 14.7 Å². The summed E-state index contributed by atoms with van der Waals surface area (Å²) in [7, 11) is 0. The number of rotatable bonds is 3. The summed E-state index contributed by atoms with van der Waals surface area (Å²) in [5, 5.41) is 12.6. The number of carboxylic acids is 1. The minimum absolute atomic E-state index is 0.116. The smallest absolute Gasteiger partial charge is 0.310 e. The van der Waals surface area contributed by atoms with Gasteiger partial charge < -0.3 is 15.2 Å². The van der Waals surface area contributed by atoms with Crippen molar-refractivity contribution >= 4 is 11.9 Å². The van der Waals surface area contributed by atoms with Crippen LogP contribution in [0.25, 0.3) is 0 Å². The fourth-order valence-electron chi connectivity index (χ4n) is 5.08. The Bertz CT molecular complexity index is 475. The summed E-state index contributed by atoms with van der Waals surface area (Å²) in [6, 6.07) is 0.153. The average Bonchev–Trinajstić information content (AvgIpc) is 2.95. The molecule has 0 aromatic rings. The Morgan fingerprint density at radius 2 is 1.77 bits per heavy atom. The van der Waals surface area contributed by atoms with E-state index in [-0.39, 0.29) is 29.6 Å². The molecule has 3 aliphatic rings. The first-order valence-electron chi connectivity index (χ1n) is 8.45. The highest BCUT2D eigenvalue weighted by atomic mass is 16.5. The van der Waals surface area contributed by atoms with Crippen molar-refractivity contribution in [3.63, 3.8) is 0 Å². The molecule has 124 valence electrons. The van der Waals surface area contributed by atoms with Gasteiger partial charge in [0.05, 0.1) is 24.0 Å². The summed E-state index contributed by atoms with van der Waals surface area (Å²) in [6.07, 6.45) is 4.20. The number of carbonyl (C=O) groups excluding carboxylic acids is 1. The molecule has 22 heavy (non-hydrogen) atoms. The number of fused-ring (bicyclic) bond motifs is 2. The highest BCUT2D eigenvalue weighted by Gasteiger charge is 2.55. The highest BCUT2D eigenvalue weighted by Crippen LogP contribution is 2.44. The fourth-order valence-corrected chi connectivity index (χ4v) is 5.08. The van der Waals surface area contributed by atoms with Crippen LogP contribution in [-0.2, 0) is 14.3 Å². The van der Waals surface area contributed by atoms with Gasteiger partial charge in [-0.2, -0.15) is 0 Å². The van der Waals surface area contributed by atoms with Crippen LogP contribution in [0.4, 0.5) is 0 Å². The van der Waals surface area contributed by atoms with Gasteiger partial charge in [0.25, 0.3) is 0 Å². The second-order valence-electron chi connectivity index (χ2n) is 8.30. The van der Waals surface area contributed by atoms with E-state index in [0.717, 1.165) is 25.7 Å². The minimum Gasteiger partial charge on any atom is -0.481 e. The molecule has 2 aliphatic heterocycles. The summed E-state index contributed by atoms with van der Waals surface area (Å²) in [5.74, 6) is -1.62. The molecule has 3 rings (SSSR count). The zero-order chi connectivity index (χ0) is 16.1. The molecule has 0 unspecified atom stereocenters. The van der Waals surface area contributed by atoms with Crippen molar-refractivity contribution in [2.75, 3.05) is 0 Å². The largest absolute Gasteiger partial charge is 0.481 e. The molecule has 2 N–H and O–H groups in total. The van der Waals surface area contributed by atoms with E-state index >= 15 is 0 Å². The maximum atomic E-state index is 12.7. The topological polar surface area (TPSA) is 75.6 Å². The van der Waals surface area contributed by atoms with Crippen molar-refractivity contribution < 1.29 is 19.4 Å². The van der Waals surface area contributed by atoms with Crippen LogP contribution in [0.3, 0.4) is 0 Å². The average molecular weight is 309 g/mol. The third-order valence-electron chi connectivity index (χ3n) is 5.59. The second-order valence-corrected chi connectivity index (χ2v) is 8.30. The van der Waals surface area contributed by atoms with E-state index in [1.165, 1.54) is 6.42 Å². The van der Waals surface area contributed by atoms with Crippen LogP contribution in [0, 0.1) is 23.2 Å². The van der Waals surface area contributed by atoms with E-state index in [0.29, 0.717) is 5.92 Å². The fraction of sp³-hybridized carbons (Fsp3) is 0.882. The molecule has 2 saturated heterocycles. The Balaban J connectivity index is 1.68. The van der Waals surface area contributed by atoms with Crippen molar-refractivity contribution in [1.29, 1.82) is 0 Å². The molecule has 0 radical (unpaired) electrons. The number of amides is 1. The van der Waals surface area contributed by atoms with Gasteiger partial charge in [-0.3, -0.25) is 9.59 Å². The van der Waals surface area contributed by atoms with Crippen LogP contribution in [0.2, 0.25) is 0 Å². The lowest BCUT2D eigenvalue weighted by Gasteiger charge is -2.40. The summed E-state index contributed by atoms with van der Waals surface area (Å²) in [6.45, 7) is 6.70. The van der Waals surface area contributed by atoms with Crippen molar-refractivity contribution in [2.45, 2.75) is 71.1 Å². The van der Waals surface area contributed by atoms with Crippen molar-refractivity contribution in [1.82, 2.24) is 5.32 Å². The zero-order valence-corrected chi connectivity index (χ0v) is 13.7. The molecule has 0 spiro atoms. The van der Waals surface area contributed by atoms with Crippen molar-refractivity contribution in [2.24, 2.45) is 23.2 Å². The van der Waals surface area contributed by atoms with Gasteiger partial charge in [-0.1, -0.05) is 20.8 Å². The molecule has 2 bridgehead atoms. The summed E-state index contributed by atoms with van der Waals surface area (Å²) < 4.78 is 5.69. The number of hydrogen-bond donors (Lipinski definition) is 2. The molecular weight excluding hydrogens is 282 g/mol. The SMILES string of the molecule is C[C@@H]1C[C@H](NC(=O)[C@H]2[C@@H](C(=O)O)[C@H]3CC[C@@H]2O3)CC(C)(C)C1. The van der Waals surface area contributed by atoms with Gasteiger partial charge in [-0.15, -0.1) is 0 Å². The third kappa shape index (κ3) is 2.87. The Kier molecular flexibility index (Phi) is 3.96. The lowest BCUT2D eigenvalue weighted by molar-refractivity contribution is -0.148. The van der Waals surface area contributed by atoms with Crippen LogP contribution in [0.15, 0.2) is 0 Å². The maximum Gasteiger partial charge on any atom is 0.310 e. The predicted octanol–water partition coefficient (Wildman–Crippen LogP) is 2.20. The van der Waals surface area contributed by atoms with Gasteiger partial charge >= 0.3 is 5.97 Å². The van der Waals surface area contributed by atoms with Crippen LogP contribution in [0.1, 0.15) is 52.9 Å². The Labute approximate surface area is 131 Å². The molecular formula is C17H27NO4. The number of hydrogen-bond acceptors (Lipinski definition) is 3. The number of ether oxygens (including phenoxy) is 1. The van der Waals surface area contributed by atoms with E-state index < -0.39 is 17.8 Å². The van der Waals surface area contributed by atoms with Crippen molar-refractivity contribution in [3.05, 3.63) is 0 Å². The number of aliphatic carboxylic acids is 1. The minimum atomic E-state index is -0.898. The van der Waals surface area contributed by atoms with Gasteiger partial charge in [0.2, 0.25) is 5.91 Å². The van der Waals surface area contributed by atoms with E-state index in [2.05, 4.69) is 26.1 Å². The van der Waals surface area contributed by atoms with Gasteiger partial charge in [-0.25, -0.2) is 0 Å². The van der Waals surface area contributed by atoms with Crippen LogP contribution < -0.4 is 5.32 Å². The first kappa shape index (κ1) is 15.8. The predicted molar refractivity (Wildman–Crippen MR) is 81.2 cm³/mol.